The molecule has 2 fully saturated rings. The smallest absolute Gasteiger partial charge is 0.260 e. The van der Waals surface area contributed by atoms with Crippen LogP contribution in [0.25, 0.3) is 0 Å². The lowest BCUT2D eigenvalue weighted by molar-refractivity contribution is -0.137. The number of methoxy groups -OCH3 is 1. The van der Waals surface area contributed by atoms with Gasteiger partial charge in [0.1, 0.15) is 5.75 Å². The van der Waals surface area contributed by atoms with E-state index in [0.29, 0.717) is 43.7 Å². The summed E-state index contributed by atoms with van der Waals surface area (Å²) in [6.45, 7) is 2.53. The first-order chi connectivity index (χ1) is 14.7. The van der Waals surface area contributed by atoms with Crippen LogP contribution >= 0.6 is 23.5 Å². The lowest BCUT2D eigenvalue weighted by Gasteiger charge is -2.31. The highest BCUT2D eigenvalue weighted by atomic mass is 32.2. The van der Waals surface area contributed by atoms with Gasteiger partial charge in [0, 0.05) is 39.3 Å². The van der Waals surface area contributed by atoms with E-state index in [1.54, 1.807) is 12.0 Å². The van der Waals surface area contributed by atoms with Gasteiger partial charge in [-0.05, 0) is 54.9 Å². The molecule has 30 heavy (non-hydrogen) atoms. The number of nitrogens with zero attached hydrogens (tertiary/aromatic N) is 1. The topological polar surface area (TPSA) is 67.9 Å². The van der Waals surface area contributed by atoms with Gasteiger partial charge in [-0.15, -0.1) is 23.5 Å². The van der Waals surface area contributed by atoms with Crippen LogP contribution in [-0.2, 0) is 14.3 Å². The second-order valence-electron chi connectivity index (χ2n) is 7.58. The highest BCUT2D eigenvalue weighted by Crippen LogP contribution is 2.43. The highest BCUT2D eigenvalue weighted by molar-refractivity contribution is 8.16. The van der Waals surface area contributed by atoms with Gasteiger partial charge in [-0.1, -0.05) is 12.1 Å². The van der Waals surface area contributed by atoms with Gasteiger partial charge in [-0.25, -0.2) is 0 Å². The highest BCUT2D eigenvalue weighted by Gasteiger charge is 2.27. The van der Waals surface area contributed by atoms with Gasteiger partial charge >= 0.3 is 0 Å². The van der Waals surface area contributed by atoms with Gasteiger partial charge in [-0.3, -0.25) is 9.59 Å². The Kier molecular flexibility index (Phi) is 9.68. The third-order valence-corrected chi connectivity index (χ3v) is 8.40. The maximum atomic E-state index is 12.5. The fourth-order valence-electron chi connectivity index (χ4n) is 3.60. The number of rotatable bonds is 9. The number of hydrogen-bond donors (Lipinski definition) is 1. The first kappa shape index (κ1) is 23.3. The zero-order valence-corrected chi connectivity index (χ0v) is 19.3. The molecule has 0 unspecified atom stereocenters. The van der Waals surface area contributed by atoms with Crippen molar-refractivity contribution in [1.29, 1.82) is 0 Å². The van der Waals surface area contributed by atoms with E-state index < -0.39 is 0 Å². The van der Waals surface area contributed by atoms with Gasteiger partial charge in [-0.2, -0.15) is 0 Å². The van der Waals surface area contributed by atoms with Crippen molar-refractivity contribution in [2.75, 3.05) is 51.5 Å². The molecular formula is C22H32N2O4S2. The number of hydrogen-bond acceptors (Lipinski definition) is 6. The molecule has 0 spiro atoms. The second kappa shape index (κ2) is 12.5. The van der Waals surface area contributed by atoms with Crippen LogP contribution < -0.4 is 10.1 Å². The van der Waals surface area contributed by atoms with Crippen LogP contribution in [0, 0.1) is 5.92 Å². The molecule has 2 heterocycles. The molecular weight excluding hydrogens is 420 g/mol. The molecule has 0 aliphatic carbocycles. The van der Waals surface area contributed by atoms with Crippen LogP contribution in [0.2, 0.25) is 0 Å². The average Bonchev–Trinajstić information content (AvgIpc) is 2.81. The normalized spacial score (nSPS) is 18.2. The quantitative estimate of drug-likeness (QED) is 0.580. The molecule has 0 bridgehead atoms. The second-order valence-corrected chi connectivity index (χ2v) is 10.3. The van der Waals surface area contributed by atoms with Crippen LogP contribution in [0.3, 0.4) is 0 Å². The fourth-order valence-corrected chi connectivity index (χ4v) is 6.50. The molecule has 1 aromatic rings. The van der Waals surface area contributed by atoms with Crippen LogP contribution in [0.1, 0.15) is 35.8 Å². The van der Waals surface area contributed by atoms with Crippen LogP contribution in [0.5, 0.6) is 5.75 Å². The Hall–Kier alpha value is -1.38. The molecule has 2 amide bonds. The Morgan fingerprint density at radius 1 is 1.13 bits per heavy atom. The fraction of sp³-hybridized carbons (Fsp3) is 0.636. The van der Waals surface area contributed by atoms with Crippen LogP contribution in [0.15, 0.2) is 24.3 Å². The summed E-state index contributed by atoms with van der Waals surface area (Å²) >= 11 is 3.99. The molecule has 0 aromatic heterocycles. The lowest BCUT2D eigenvalue weighted by Crippen LogP contribution is -2.44. The molecule has 2 aliphatic heterocycles. The molecule has 2 aliphatic rings. The number of carbonyl (C=O) groups is 2. The van der Waals surface area contributed by atoms with Crippen molar-refractivity contribution >= 4 is 35.3 Å². The number of amides is 2. The van der Waals surface area contributed by atoms with Gasteiger partial charge in [0.05, 0.1) is 4.58 Å². The summed E-state index contributed by atoms with van der Waals surface area (Å²) in [6, 6.07) is 8.12. The van der Waals surface area contributed by atoms with Crippen molar-refractivity contribution < 1.29 is 19.1 Å². The van der Waals surface area contributed by atoms with E-state index in [-0.39, 0.29) is 24.3 Å². The number of carbonyl (C=O) groups excluding carboxylic acids is 2. The summed E-state index contributed by atoms with van der Waals surface area (Å²) in [7, 11) is 1.66. The van der Waals surface area contributed by atoms with Crippen LogP contribution in [-0.4, -0.2) is 68.2 Å². The molecule has 0 saturated carbocycles. The van der Waals surface area contributed by atoms with E-state index >= 15 is 0 Å². The zero-order valence-electron chi connectivity index (χ0n) is 17.6. The Morgan fingerprint density at radius 3 is 2.50 bits per heavy atom. The molecule has 0 radical (unpaired) electrons. The Bertz CT molecular complexity index is 672. The summed E-state index contributed by atoms with van der Waals surface area (Å²) in [4.78, 5) is 26.5. The molecule has 6 nitrogen and oxygen atoms in total. The first-order valence-electron chi connectivity index (χ1n) is 10.7. The molecule has 0 atom stereocenters. The Balaban J connectivity index is 1.36. The van der Waals surface area contributed by atoms with Crippen molar-refractivity contribution in [3.05, 3.63) is 29.8 Å². The van der Waals surface area contributed by atoms with E-state index in [2.05, 4.69) is 17.4 Å². The van der Waals surface area contributed by atoms with E-state index in [4.69, 9.17) is 9.47 Å². The van der Waals surface area contributed by atoms with Crippen molar-refractivity contribution in [1.82, 2.24) is 10.2 Å². The first-order valence-corrected chi connectivity index (χ1v) is 12.8. The minimum Gasteiger partial charge on any atom is -0.484 e. The number of nitrogens with one attached hydrogen (secondary N) is 1. The standard InChI is InChI=1S/C22H32N2O4S2/c1-27-13-2-10-23-21(26)17-8-11-24(12-9-17)20(25)16-28-19-6-4-18(5-7-19)22-29-14-3-15-30-22/h4-7,17,22H,2-3,8-16H2,1H3,(H,23,26). The molecule has 8 heteroatoms. The summed E-state index contributed by atoms with van der Waals surface area (Å²) in [5.74, 6) is 3.22. The number of thioether (sulfide) groups is 2. The Morgan fingerprint density at radius 2 is 1.83 bits per heavy atom. The summed E-state index contributed by atoms with van der Waals surface area (Å²) in [5, 5.41) is 2.96. The van der Waals surface area contributed by atoms with Crippen LogP contribution in [0.4, 0.5) is 0 Å². The average molecular weight is 453 g/mol. The number of piperidine rings is 1. The molecule has 1 aromatic carbocycles. The molecule has 3 rings (SSSR count). The number of ether oxygens (including phenoxy) is 2. The van der Waals surface area contributed by atoms with Crippen molar-refractivity contribution in [3.63, 3.8) is 0 Å². The van der Waals surface area contributed by atoms with Gasteiger partial charge in [0.2, 0.25) is 5.91 Å². The third-order valence-electron chi connectivity index (χ3n) is 5.38. The maximum absolute atomic E-state index is 12.5. The van der Waals surface area contributed by atoms with E-state index in [9.17, 15) is 9.59 Å². The molecule has 166 valence electrons. The summed E-state index contributed by atoms with van der Waals surface area (Å²) in [5.41, 5.74) is 1.31. The largest absolute Gasteiger partial charge is 0.484 e. The minimum absolute atomic E-state index is 0.0133. The number of benzene rings is 1. The summed E-state index contributed by atoms with van der Waals surface area (Å²) in [6.07, 6.45) is 3.50. The predicted octanol–water partition coefficient (Wildman–Crippen LogP) is 3.33. The van der Waals surface area contributed by atoms with Gasteiger partial charge in [0.25, 0.3) is 5.91 Å². The van der Waals surface area contributed by atoms with Gasteiger partial charge < -0.3 is 19.7 Å². The maximum Gasteiger partial charge on any atom is 0.260 e. The van der Waals surface area contributed by atoms with E-state index in [1.165, 1.54) is 23.5 Å². The summed E-state index contributed by atoms with van der Waals surface area (Å²) < 4.78 is 11.2. The van der Waals surface area contributed by atoms with Gasteiger partial charge in [0.15, 0.2) is 6.61 Å². The third kappa shape index (κ3) is 7.10. The SMILES string of the molecule is COCCCNC(=O)C1CCN(C(=O)COc2ccc(C3SCCCS3)cc2)CC1. The van der Waals surface area contributed by atoms with Crippen molar-refractivity contribution in [2.45, 2.75) is 30.3 Å². The van der Waals surface area contributed by atoms with Crippen molar-refractivity contribution in [2.24, 2.45) is 5.92 Å². The number of likely N-dealkylation sites (tertiary alicyclic amines) is 1. The predicted molar refractivity (Wildman–Crippen MR) is 123 cm³/mol. The van der Waals surface area contributed by atoms with Crippen molar-refractivity contribution in [3.8, 4) is 5.75 Å². The lowest BCUT2D eigenvalue weighted by atomic mass is 9.96. The zero-order chi connectivity index (χ0) is 21.2. The molecule has 2 saturated heterocycles. The monoisotopic (exact) mass is 452 g/mol. The minimum atomic E-state index is -0.0172. The van der Waals surface area contributed by atoms with E-state index in [1.807, 2.05) is 35.7 Å². The Labute approximate surface area is 187 Å². The molecule has 1 N–H and O–H groups in total. The van der Waals surface area contributed by atoms with E-state index in [0.717, 1.165) is 12.2 Å².